The molecule has 0 radical (unpaired) electrons. The number of carbonyl (C=O) groups excluding carboxylic acids is 1. The van der Waals surface area contributed by atoms with Crippen LogP contribution in [0.4, 0.5) is 0 Å². The van der Waals surface area contributed by atoms with Crippen LogP contribution in [0.25, 0.3) is 0 Å². The van der Waals surface area contributed by atoms with Gasteiger partial charge in [-0.2, -0.15) is 0 Å². The average molecular weight is 202 g/mol. The lowest BCUT2D eigenvalue weighted by molar-refractivity contribution is -0.122. The molecule has 0 aromatic carbocycles. The summed E-state index contributed by atoms with van der Waals surface area (Å²) in [6, 6.07) is -0.114. The average Bonchev–Trinajstić information content (AvgIpc) is 2.14. The largest absolute Gasteiger partial charge is 0.394 e. The number of carbonyl (C=O) groups is 1. The zero-order chi connectivity index (χ0) is 11.0. The SMILES string of the molecule is CNCCCC(=O)NC(CO)C(C)C. The number of nitrogens with one attached hydrogen (secondary N) is 2. The molecule has 0 aliphatic rings. The van der Waals surface area contributed by atoms with E-state index in [0.717, 1.165) is 13.0 Å². The molecule has 0 saturated heterocycles. The Morgan fingerprint density at radius 3 is 2.50 bits per heavy atom. The number of hydrogen-bond acceptors (Lipinski definition) is 3. The Bertz CT molecular complexity index is 160. The monoisotopic (exact) mass is 202 g/mol. The van der Waals surface area contributed by atoms with Gasteiger partial charge in [-0.15, -0.1) is 0 Å². The molecule has 4 nitrogen and oxygen atoms in total. The first kappa shape index (κ1) is 13.4. The zero-order valence-corrected chi connectivity index (χ0v) is 9.34. The van der Waals surface area contributed by atoms with E-state index < -0.39 is 0 Å². The maximum Gasteiger partial charge on any atom is 0.220 e. The standard InChI is InChI=1S/C10H22N2O2/c1-8(2)9(7-13)12-10(14)5-4-6-11-3/h8-9,11,13H,4-7H2,1-3H3,(H,12,14). The molecule has 1 atom stereocenters. The van der Waals surface area contributed by atoms with E-state index in [4.69, 9.17) is 5.11 Å². The van der Waals surface area contributed by atoms with Crippen LogP contribution in [-0.4, -0.2) is 37.3 Å². The van der Waals surface area contributed by atoms with E-state index in [2.05, 4.69) is 10.6 Å². The lowest BCUT2D eigenvalue weighted by Gasteiger charge is -2.19. The number of rotatable bonds is 7. The fourth-order valence-corrected chi connectivity index (χ4v) is 1.13. The van der Waals surface area contributed by atoms with E-state index in [-0.39, 0.29) is 24.5 Å². The summed E-state index contributed by atoms with van der Waals surface area (Å²) in [5.74, 6) is 0.293. The molecule has 0 fully saturated rings. The molecule has 0 aliphatic heterocycles. The van der Waals surface area contributed by atoms with Crippen LogP contribution >= 0.6 is 0 Å². The predicted molar refractivity (Wildman–Crippen MR) is 57.0 cm³/mol. The van der Waals surface area contributed by atoms with Crippen molar-refractivity contribution in [3.8, 4) is 0 Å². The van der Waals surface area contributed by atoms with Crippen molar-refractivity contribution in [2.24, 2.45) is 5.92 Å². The number of amides is 1. The first-order chi connectivity index (χ1) is 6.61. The Morgan fingerprint density at radius 1 is 1.43 bits per heavy atom. The quantitative estimate of drug-likeness (QED) is 0.514. The van der Waals surface area contributed by atoms with Crippen molar-refractivity contribution in [3.63, 3.8) is 0 Å². The van der Waals surface area contributed by atoms with Gasteiger partial charge < -0.3 is 15.7 Å². The van der Waals surface area contributed by atoms with Gasteiger partial charge >= 0.3 is 0 Å². The third-order valence-corrected chi connectivity index (χ3v) is 2.18. The van der Waals surface area contributed by atoms with Crippen LogP contribution in [0.1, 0.15) is 26.7 Å². The molecule has 0 rings (SSSR count). The molecule has 14 heavy (non-hydrogen) atoms. The molecule has 4 heteroatoms. The predicted octanol–water partition coefficient (Wildman–Crippen LogP) is 0.119. The third-order valence-electron chi connectivity index (χ3n) is 2.18. The van der Waals surface area contributed by atoms with Crippen LogP contribution in [0.5, 0.6) is 0 Å². The van der Waals surface area contributed by atoms with Crippen molar-refractivity contribution >= 4 is 5.91 Å². The summed E-state index contributed by atoms with van der Waals surface area (Å²) in [4.78, 5) is 11.3. The highest BCUT2D eigenvalue weighted by Crippen LogP contribution is 2.01. The minimum atomic E-state index is -0.114. The van der Waals surface area contributed by atoms with Gasteiger partial charge in [-0.1, -0.05) is 13.8 Å². The van der Waals surface area contributed by atoms with Gasteiger partial charge in [0.25, 0.3) is 0 Å². The Kier molecular flexibility index (Phi) is 7.42. The molecule has 0 spiro atoms. The maximum absolute atomic E-state index is 11.3. The van der Waals surface area contributed by atoms with Crippen LogP contribution in [0.3, 0.4) is 0 Å². The number of aliphatic hydroxyl groups excluding tert-OH is 1. The van der Waals surface area contributed by atoms with Gasteiger partial charge in [-0.05, 0) is 25.9 Å². The summed E-state index contributed by atoms with van der Waals surface area (Å²) in [5.41, 5.74) is 0. The second-order valence-electron chi connectivity index (χ2n) is 3.81. The lowest BCUT2D eigenvalue weighted by atomic mass is 10.1. The fraction of sp³-hybridized carbons (Fsp3) is 0.900. The van der Waals surface area contributed by atoms with Crippen molar-refractivity contribution in [2.45, 2.75) is 32.7 Å². The smallest absolute Gasteiger partial charge is 0.220 e. The topological polar surface area (TPSA) is 61.4 Å². The van der Waals surface area contributed by atoms with Crippen LogP contribution in [-0.2, 0) is 4.79 Å². The molecule has 0 aromatic rings. The van der Waals surface area contributed by atoms with Crippen molar-refractivity contribution in [2.75, 3.05) is 20.2 Å². The van der Waals surface area contributed by atoms with E-state index >= 15 is 0 Å². The van der Waals surface area contributed by atoms with Gasteiger partial charge in [0, 0.05) is 6.42 Å². The van der Waals surface area contributed by atoms with Crippen molar-refractivity contribution in [1.82, 2.24) is 10.6 Å². The van der Waals surface area contributed by atoms with Crippen molar-refractivity contribution in [3.05, 3.63) is 0 Å². The third kappa shape index (κ3) is 5.94. The number of hydrogen-bond donors (Lipinski definition) is 3. The van der Waals surface area contributed by atoms with Crippen LogP contribution < -0.4 is 10.6 Å². The Morgan fingerprint density at radius 2 is 2.07 bits per heavy atom. The molecule has 1 amide bonds. The zero-order valence-electron chi connectivity index (χ0n) is 9.34. The minimum absolute atomic E-state index is 0.00936. The second kappa shape index (κ2) is 7.76. The van der Waals surface area contributed by atoms with Crippen LogP contribution in [0.2, 0.25) is 0 Å². The maximum atomic E-state index is 11.3. The summed E-state index contributed by atoms with van der Waals surface area (Å²) >= 11 is 0. The van der Waals surface area contributed by atoms with E-state index in [9.17, 15) is 4.79 Å². The van der Waals surface area contributed by atoms with Gasteiger partial charge in [0.1, 0.15) is 0 Å². The molecule has 1 unspecified atom stereocenters. The summed E-state index contributed by atoms with van der Waals surface area (Å²) in [6.07, 6.45) is 1.35. The molecular formula is C10H22N2O2. The molecular weight excluding hydrogens is 180 g/mol. The molecule has 0 aliphatic carbocycles. The van der Waals surface area contributed by atoms with Gasteiger partial charge in [0.15, 0.2) is 0 Å². The van der Waals surface area contributed by atoms with Gasteiger partial charge in [0.2, 0.25) is 5.91 Å². The van der Waals surface area contributed by atoms with E-state index in [1.165, 1.54) is 0 Å². The first-order valence-electron chi connectivity index (χ1n) is 5.16. The second-order valence-corrected chi connectivity index (χ2v) is 3.81. The fourth-order valence-electron chi connectivity index (χ4n) is 1.13. The first-order valence-corrected chi connectivity index (χ1v) is 5.16. The molecule has 0 heterocycles. The van der Waals surface area contributed by atoms with E-state index in [0.29, 0.717) is 6.42 Å². The Labute approximate surface area is 86.1 Å². The minimum Gasteiger partial charge on any atom is -0.394 e. The molecule has 0 bridgehead atoms. The molecule has 3 N–H and O–H groups in total. The number of aliphatic hydroxyl groups is 1. The summed E-state index contributed by atoms with van der Waals surface area (Å²) in [7, 11) is 1.86. The van der Waals surface area contributed by atoms with Crippen molar-refractivity contribution < 1.29 is 9.90 Å². The Balaban J connectivity index is 3.68. The van der Waals surface area contributed by atoms with Crippen LogP contribution in [0.15, 0.2) is 0 Å². The molecule has 84 valence electrons. The van der Waals surface area contributed by atoms with Crippen molar-refractivity contribution in [1.29, 1.82) is 0 Å². The highest BCUT2D eigenvalue weighted by molar-refractivity contribution is 5.76. The van der Waals surface area contributed by atoms with Gasteiger partial charge in [-0.25, -0.2) is 0 Å². The van der Waals surface area contributed by atoms with Crippen LogP contribution in [0, 0.1) is 5.92 Å². The van der Waals surface area contributed by atoms with E-state index in [1.807, 2.05) is 20.9 Å². The highest BCUT2D eigenvalue weighted by Gasteiger charge is 2.14. The normalized spacial score (nSPS) is 12.9. The summed E-state index contributed by atoms with van der Waals surface area (Å²) < 4.78 is 0. The highest BCUT2D eigenvalue weighted by atomic mass is 16.3. The van der Waals surface area contributed by atoms with Gasteiger partial charge in [0.05, 0.1) is 12.6 Å². The summed E-state index contributed by atoms with van der Waals surface area (Å²) in [6.45, 7) is 4.82. The molecule has 0 aromatic heterocycles. The van der Waals surface area contributed by atoms with E-state index in [1.54, 1.807) is 0 Å². The summed E-state index contributed by atoms with van der Waals surface area (Å²) in [5, 5.41) is 14.8. The molecule has 0 saturated carbocycles. The lowest BCUT2D eigenvalue weighted by Crippen LogP contribution is -2.41. The Hall–Kier alpha value is -0.610. The van der Waals surface area contributed by atoms with Gasteiger partial charge in [-0.3, -0.25) is 4.79 Å².